The molecule has 2 atom stereocenters. The molecule has 0 aromatic heterocycles. The molecule has 2 unspecified atom stereocenters. The van der Waals surface area contributed by atoms with E-state index in [0.29, 0.717) is 12.5 Å². The maximum atomic E-state index is 12.4. The number of rotatable bonds is 5. The molecule has 0 aliphatic carbocycles. The maximum absolute atomic E-state index is 12.4. The second kappa shape index (κ2) is 10.8. The predicted octanol–water partition coefficient (Wildman–Crippen LogP) is 4.60. The van der Waals surface area contributed by atoms with Crippen LogP contribution in [0.4, 0.5) is 10.5 Å². The third-order valence-corrected chi connectivity index (χ3v) is 6.98. The van der Waals surface area contributed by atoms with Crippen molar-refractivity contribution in [2.75, 3.05) is 18.0 Å². The summed E-state index contributed by atoms with van der Waals surface area (Å²) in [6, 6.07) is 14.9. The number of amides is 2. The number of nitrogens with zero attached hydrogens (tertiary/aromatic N) is 2. The van der Waals surface area contributed by atoms with Gasteiger partial charge in [0.25, 0.3) is 0 Å². The quantitative estimate of drug-likeness (QED) is 0.656. The van der Waals surface area contributed by atoms with Gasteiger partial charge >= 0.3 is 6.09 Å². The molecule has 2 amide bonds. The number of alkyl carbamates (subject to hydrolysis) is 1. The van der Waals surface area contributed by atoms with Gasteiger partial charge in [-0.25, -0.2) is 4.79 Å². The first kappa shape index (κ1) is 25.2. The molecule has 2 heterocycles. The second-order valence-corrected chi connectivity index (χ2v) is 10.2. The van der Waals surface area contributed by atoms with Crippen LogP contribution in [0.5, 0.6) is 0 Å². The van der Waals surface area contributed by atoms with E-state index in [0.717, 1.165) is 54.9 Å². The first-order valence-electron chi connectivity index (χ1n) is 12.7. The Morgan fingerprint density at radius 1 is 1.09 bits per heavy atom. The fourth-order valence-corrected chi connectivity index (χ4v) is 5.22. The fraction of sp³-hybridized carbons (Fsp3) is 0.500. The molecule has 35 heavy (non-hydrogen) atoms. The molecule has 0 spiro atoms. The number of nitrogens with two attached hydrogens (primary N) is 1. The standard InChI is InChI=1S/C28H38N4O3/c1-18(2)35-28(34)30-26-15-19(3)32(20(4)33)27-10-9-23(16-25(26)27)22-7-5-21(6-8-22)17-31-13-11-24(29)12-14-31/h5-10,16,18-19,24,26H,11-15,17,29H2,1-4H3,(H,30,34). The number of nitrogens with one attached hydrogen (secondary N) is 1. The molecule has 0 radical (unpaired) electrons. The lowest BCUT2D eigenvalue weighted by atomic mass is 9.89. The first-order valence-corrected chi connectivity index (χ1v) is 12.7. The Labute approximate surface area is 208 Å². The van der Waals surface area contributed by atoms with Crippen molar-refractivity contribution < 1.29 is 14.3 Å². The van der Waals surface area contributed by atoms with Crippen molar-refractivity contribution in [3.05, 3.63) is 53.6 Å². The number of hydrogen-bond donors (Lipinski definition) is 2. The Hall–Kier alpha value is -2.90. The Morgan fingerprint density at radius 3 is 2.37 bits per heavy atom. The predicted molar refractivity (Wildman–Crippen MR) is 139 cm³/mol. The van der Waals surface area contributed by atoms with Gasteiger partial charge in [-0.1, -0.05) is 30.3 Å². The Kier molecular flexibility index (Phi) is 7.77. The zero-order chi connectivity index (χ0) is 25.1. The smallest absolute Gasteiger partial charge is 0.407 e. The summed E-state index contributed by atoms with van der Waals surface area (Å²) in [6.45, 7) is 10.3. The van der Waals surface area contributed by atoms with Crippen molar-refractivity contribution in [2.45, 2.75) is 77.7 Å². The van der Waals surface area contributed by atoms with Gasteiger partial charge in [0.1, 0.15) is 0 Å². The number of carbonyl (C=O) groups excluding carboxylic acids is 2. The van der Waals surface area contributed by atoms with E-state index in [1.165, 1.54) is 5.56 Å². The highest BCUT2D eigenvalue weighted by Crippen LogP contribution is 2.39. The van der Waals surface area contributed by atoms with Gasteiger partial charge in [-0.05, 0) is 87.5 Å². The summed E-state index contributed by atoms with van der Waals surface area (Å²) < 4.78 is 5.33. The molecule has 0 bridgehead atoms. The highest BCUT2D eigenvalue weighted by atomic mass is 16.6. The number of likely N-dealkylation sites (tertiary alicyclic amines) is 1. The molecule has 1 saturated heterocycles. The van der Waals surface area contributed by atoms with Crippen LogP contribution in [0.3, 0.4) is 0 Å². The molecule has 3 N–H and O–H groups in total. The van der Waals surface area contributed by atoms with Gasteiger partial charge in [-0.15, -0.1) is 0 Å². The van der Waals surface area contributed by atoms with Gasteiger partial charge in [0, 0.05) is 31.2 Å². The lowest BCUT2D eigenvalue weighted by molar-refractivity contribution is -0.117. The van der Waals surface area contributed by atoms with E-state index in [-0.39, 0.29) is 24.1 Å². The summed E-state index contributed by atoms with van der Waals surface area (Å²) >= 11 is 0. The number of ether oxygens (including phenoxy) is 1. The van der Waals surface area contributed by atoms with Gasteiger partial charge < -0.3 is 20.7 Å². The minimum absolute atomic E-state index is 0.00210. The van der Waals surface area contributed by atoms with Crippen LogP contribution in [-0.4, -0.2) is 48.2 Å². The summed E-state index contributed by atoms with van der Waals surface area (Å²) in [6.07, 6.45) is 2.11. The van der Waals surface area contributed by atoms with Crippen LogP contribution in [0.15, 0.2) is 42.5 Å². The van der Waals surface area contributed by atoms with Crippen molar-refractivity contribution >= 4 is 17.7 Å². The van der Waals surface area contributed by atoms with Crippen LogP contribution in [0.25, 0.3) is 11.1 Å². The Balaban J connectivity index is 1.57. The fourth-order valence-electron chi connectivity index (χ4n) is 5.22. The zero-order valence-corrected chi connectivity index (χ0v) is 21.3. The van der Waals surface area contributed by atoms with Crippen LogP contribution in [0, 0.1) is 0 Å². The number of carbonyl (C=O) groups is 2. The SMILES string of the molecule is CC(=O)N1c2ccc(-c3ccc(CN4CCC(N)CC4)cc3)cc2C(NC(=O)OC(C)C)CC1C. The average molecular weight is 479 g/mol. The molecule has 4 rings (SSSR count). The third kappa shape index (κ3) is 6.03. The van der Waals surface area contributed by atoms with Crippen molar-refractivity contribution in [1.82, 2.24) is 10.2 Å². The average Bonchev–Trinajstić information content (AvgIpc) is 2.80. The molecule has 2 aromatic carbocycles. The molecule has 1 fully saturated rings. The molecule has 2 aliphatic rings. The minimum atomic E-state index is -0.437. The number of fused-ring (bicyclic) bond motifs is 1. The van der Waals surface area contributed by atoms with E-state index in [1.807, 2.05) is 31.7 Å². The zero-order valence-electron chi connectivity index (χ0n) is 21.3. The number of anilines is 1. The van der Waals surface area contributed by atoms with Gasteiger partial charge in [-0.3, -0.25) is 9.69 Å². The molecular formula is C28H38N4O3. The van der Waals surface area contributed by atoms with E-state index in [2.05, 4.69) is 46.6 Å². The van der Waals surface area contributed by atoms with E-state index in [9.17, 15) is 9.59 Å². The summed E-state index contributed by atoms with van der Waals surface area (Å²) in [5.41, 5.74) is 11.3. The lowest BCUT2D eigenvalue weighted by Crippen LogP contribution is -2.45. The van der Waals surface area contributed by atoms with Gasteiger partial charge in [0.15, 0.2) is 0 Å². The normalized spacial score (nSPS) is 21.0. The largest absolute Gasteiger partial charge is 0.447 e. The van der Waals surface area contributed by atoms with E-state index in [1.54, 1.807) is 6.92 Å². The van der Waals surface area contributed by atoms with Crippen LogP contribution in [0.2, 0.25) is 0 Å². The Bertz CT molecular complexity index is 1040. The van der Waals surface area contributed by atoms with E-state index in [4.69, 9.17) is 10.5 Å². The number of piperidine rings is 1. The molecule has 2 aromatic rings. The Morgan fingerprint density at radius 2 is 1.74 bits per heavy atom. The number of benzene rings is 2. The number of hydrogen-bond acceptors (Lipinski definition) is 5. The third-order valence-electron chi connectivity index (χ3n) is 6.98. The lowest BCUT2D eigenvalue weighted by Gasteiger charge is -2.39. The van der Waals surface area contributed by atoms with E-state index < -0.39 is 6.09 Å². The summed E-state index contributed by atoms with van der Waals surface area (Å²) in [4.78, 5) is 29.1. The van der Waals surface area contributed by atoms with Gasteiger partial charge in [0.2, 0.25) is 5.91 Å². The topological polar surface area (TPSA) is 87.9 Å². The van der Waals surface area contributed by atoms with Crippen molar-refractivity contribution in [3.63, 3.8) is 0 Å². The highest BCUT2D eigenvalue weighted by molar-refractivity contribution is 5.94. The van der Waals surface area contributed by atoms with E-state index >= 15 is 0 Å². The summed E-state index contributed by atoms with van der Waals surface area (Å²) in [7, 11) is 0. The van der Waals surface area contributed by atoms with Crippen molar-refractivity contribution in [3.8, 4) is 11.1 Å². The molecule has 7 nitrogen and oxygen atoms in total. The monoisotopic (exact) mass is 478 g/mol. The summed E-state index contributed by atoms with van der Waals surface area (Å²) in [5.74, 6) is -0.00210. The van der Waals surface area contributed by atoms with Crippen LogP contribution in [0.1, 0.15) is 64.1 Å². The van der Waals surface area contributed by atoms with Crippen LogP contribution >= 0.6 is 0 Å². The molecule has 7 heteroatoms. The second-order valence-electron chi connectivity index (χ2n) is 10.2. The molecule has 188 valence electrons. The first-order chi connectivity index (χ1) is 16.7. The van der Waals surface area contributed by atoms with Crippen molar-refractivity contribution in [1.29, 1.82) is 0 Å². The molecule has 2 aliphatic heterocycles. The van der Waals surface area contributed by atoms with Crippen LogP contribution in [-0.2, 0) is 16.1 Å². The van der Waals surface area contributed by atoms with Gasteiger partial charge in [0.05, 0.1) is 12.1 Å². The highest BCUT2D eigenvalue weighted by Gasteiger charge is 2.33. The van der Waals surface area contributed by atoms with Crippen molar-refractivity contribution in [2.24, 2.45) is 5.73 Å². The maximum Gasteiger partial charge on any atom is 0.407 e. The van der Waals surface area contributed by atoms with Gasteiger partial charge in [-0.2, -0.15) is 0 Å². The van der Waals surface area contributed by atoms with Crippen LogP contribution < -0.4 is 16.0 Å². The molecular weight excluding hydrogens is 440 g/mol. The summed E-state index contributed by atoms with van der Waals surface area (Å²) in [5, 5.41) is 3.02. The molecule has 0 saturated carbocycles. The minimum Gasteiger partial charge on any atom is -0.447 e.